The van der Waals surface area contributed by atoms with E-state index in [1.165, 1.54) is 18.9 Å². The van der Waals surface area contributed by atoms with Gasteiger partial charge < -0.3 is 10.2 Å². The molecule has 1 aromatic carbocycles. The number of nitrogens with one attached hydrogen (secondary N) is 1. The number of halogens is 2. The summed E-state index contributed by atoms with van der Waals surface area (Å²) in [6.45, 7) is 3.91. The molecule has 1 heterocycles. The van der Waals surface area contributed by atoms with Gasteiger partial charge in [-0.05, 0) is 67.0 Å². The summed E-state index contributed by atoms with van der Waals surface area (Å²) < 4.78 is 14.0. The van der Waals surface area contributed by atoms with Crippen molar-refractivity contribution in [2.24, 2.45) is 0 Å². The van der Waals surface area contributed by atoms with E-state index in [4.69, 9.17) is 0 Å². The third-order valence-electron chi connectivity index (χ3n) is 3.33. The molecule has 0 spiro atoms. The number of hydrogen-bond acceptors (Lipinski definition) is 2. The minimum Gasteiger partial charge on any atom is -0.352 e. The molecule has 1 fully saturated rings. The maximum atomic E-state index is 13.7. The summed E-state index contributed by atoms with van der Waals surface area (Å²) in [5.41, 5.74) is 0.0931. The molecule has 0 radical (unpaired) electrons. The first-order chi connectivity index (χ1) is 9.18. The Morgan fingerprint density at radius 2 is 2.11 bits per heavy atom. The van der Waals surface area contributed by atoms with E-state index in [1.807, 2.05) is 0 Å². The Morgan fingerprint density at radius 3 is 2.84 bits per heavy atom. The highest BCUT2D eigenvalue weighted by atomic mass is 79.9. The van der Waals surface area contributed by atoms with Crippen molar-refractivity contribution >= 4 is 21.8 Å². The minimum atomic E-state index is -0.500. The van der Waals surface area contributed by atoms with Crippen LogP contribution in [-0.4, -0.2) is 37.0 Å². The van der Waals surface area contributed by atoms with Crippen LogP contribution in [0.5, 0.6) is 0 Å². The lowest BCUT2D eigenvalue weighted by molar-refractivity contribution is 0.0948. The summed E-state index contributed by atoms with van der Waals surface area (Å²) in [6, 6.07) is 4.74. The van der Waals surface area contributed by atoms with Crippen molar-refractivity contribution in [1.82, 2.24) is 10.2 Å². The SMILES string of the molecule is O=C(NCCCN1CCCC1)c1cccc(Br)c1F. The van der Waals surface area contributed by atoms with Gasteiger partial charge in [-0.15, -0.1) is 0 Å². The van der Waals surface area contributed by atoms with Crippen LogP contribution in [-0.2, 0) is 0 Å². The van der Waals surface area contributed by atoms with Crippen molar-refractivity contribution in [3.63, 3.8) is 0 Å². The molecule has 1 aromatic rings. The molecule has 19 heavy (non-hydrogen) atoms. The van der Waals surface area contributed by atoms with Crippen LogP contribution < -0.4 is 5.32 Å². The van der Waals surface area contributed by atoms with Gasteiger partial charge in [-0.25, -0.2) is 4.39 Å². The fourth-order valence-corrected chi connectivity index (χ4v) is 2.65. The van der Waals surface area contributed by atoms with Crippen LogP contribution in [0.4, 0.5) is 4.39 Å². The lowest BCUT2D eigenvalue weighted by atomic mass is 10.2. The quantitative estimate of drug-likeness (QED) is 0.843. The maximum absolute atomic E-state index is 13.7. The second-order valence-corrected chi connectivity index (χ2v) is 5.61. The largest absolute Gasteiger partial charge is 0.352 e. The summed E-state index contributed by atoms with van der Waals surface area (Å²) in [5.74, 6) is -0.847. The van der Waals surface area contributed by atoms with E-state index in [1.54, 1.807) is 12.1 Å². The van der Waals surface area contributed by atoms with E-state index in [0.29, 0.717) is 11.0 Å². The van der Waals surface area contributed by atoms with Crippen molar-refractivity contribution in [2.75, 3.05) is 26.2 Å². The zero-order chi connectivity index (χ0) is 13.7. The molecule has 0 atom stereocenters. The summed E-state index contributed by atoms with van der Waals surface area (Å²) in [7, 11) is 0. The molecular weight excluding hydrogens is 311 g/mol. The van der Waals surface area contributed by atoms with Gasteiger partial charge in [0.15, 0.2) is 0 Å². The molecule has 3 nitrogen and oxygen atoms in total. The van der Waals surface area contributed by atoms with Crippen molar-refractivity contribution in [2.45, 2.75) is 19.3 Å². The molecule has 0 unspecified atom stereocenters. The highest BCUT2D eigenvalue weighted by Crippen LogP contribution is 2.18. The Morgan fingerprint density at radius 1 is 1.37 bits per heavy atom. The minimum absolute atomic E-state index is 0.0931. The molecule has 104 valence electrons. The van der Waals surface area contributed by atoms with Crippen LogP contribution in [0.3, 0.4) is 0 Å². The number of nitrogens with zero attached hydrogens (tertiary/aromatic N) is 1. The fourth-order valence-electron chi connectivity index (χ4n) is 2.29. The van der Waals surface area contributed by atoms with E-state index < -0.39 is 5.82 Å². The number of carbonyl (C=O) groups excluding carboxylic acids is 1. The number of hydrogen-bond donors (Lipinski definition) is 1. The molecule has 5 heteroatoms. The molecule has 1 aliphatic heterocycles. The van der Waals surface area contributed by atoms with Gasteiger partial charge in [0.2, 0.25) is 0 Å². The van der Waals surface area contributed by atoms with E-state index in [-0.39, 0.29) is 11.5 Å². The predicted octanol–water partition coefficient (Wildman–Crippen LogP) is 2.80. The fraction of sp³-hybridized carbons (Fsp3) is 0.500. The topological polar surface area (TPSA) is 32.3 Å². The Kier molecular flexibility index (Phi) is 5.34. The van der Waals surface area contributed by atoms with Crippen LogP contribution in [0.2, 0.25) is 0 Å². The Bertz CT molecular complexity index is 447. The molecule has 0 bridgehead atoms. The number of amides is 1. The number of likely N-dealkylation sites (tertiary alicyclic amines) is 1. The average molecular weight is 329 g/mol. The lowest BCUT2D eigenvalue weighted by Crippen LogP contribution is -2.29. The molecule has 1 amide bonds. The summed E-state index contributed by atoms with van der Waals surface area (Å²) >= 11 is 3.08. The Hall–Kier alpha value is -0.940. The normalized spacial score (nSPS) is 15.7. The zero-order valence-electron chi connectivity index (χ0n) is 10.8. The number of benzene rings is 1. The van der Waals surface area contributed by atoms with Gasteiger partial charge in [0, 0.05) is 6.54 Å². The Balaban J connectivity index is 1.76. The summed E-state index contributed by atoms with van der Waals surface area (Å²) in [6.07, 6.45) is 3.45. The van der Waals surface area contributed by atoms with Gasteiger partial charge in [-0.3, -0.25) is 4.79 Å². The van der Waals surface area contributed by atoms with Crippen LogP contribution in [0.25, 0.3) is 0 Å². The molecular formula is C14H18BrFN2O. The first kappa shape index (κ1) is 14.5. The molecule has 1 aliphatic rings. The molecule has 1 saturated heterocycles. The van der Waals surface area contributed by atoms with E-state index >= 15 is 0 Å². The average Bonchev–Trinajstić information content (AvgIpc) is 2.91. The summed E-state index contributed by atoms with van der Waals surface area (Å²) in [5, 5.41) is 2.76. The predicted molar refractivity (Wildman–Crippen MR) is 76.7 cm³/mol. The van der Waals surface area contributed by atoms with Crippen molar-refractivity contribution in [3.05, 3.63) is 34.1 Å². The highest BCUT2D eigenvalue weighted by Gasteiger charge is 2.14. The van der Waals surface area contributed by atoms with Gasteiger partial charge in [0.25, 0.3) is 5.91 Å². The molecule has 0 aromatic heterocycles. The molecule has 2 rings (SSSR count). The van der Waals surface area contributed by atoms with Gasteiger partial charge in [-0.2, -0.15) is 0 Å². The third kappa shape index (κ3) is 4.01. The number of carbonyl (C=O) groups is 1. The summed E-state index contributed by atoms with van der Waals surface area (Å²) in [4.78, 5) is 14.2. The first-order valence-corrected chi connectivity index (χ1v) is 7.42. The standard InChI is InChI=1S/C14H18BrFN2O/c15-12-6-3-5-11(13(12)16)14(19)17-7-4-10-18-8-1-2-9-18/h3,5-6H,1-2,4,7-10H2,(H,17,19). The highest BCUT2D eigenvalue weighted by molar-refractivity contribution is 9.10. The van der Waals surface area contributed by atoms with Gasteiger partial charge in [0.05, 0.1) is 10.0 Å². The number of rotatable bonds is 5. The van der Waals surface area contributed by atoms with Gasteiger partial charge >= 0.3 is 0 Å². The first-order valence-electron chi connectivity index (χ1n) is 6.63. The zero-order valence-corrected chi connectivity index (χ0v) is 12.4. The van der Waals surface area contributed by atoms with Crippen LogP contribution >= 0.6 is 15.9 Å². The smallest absolute Gasteiger partial charge is 0.254 e. The van der Waals surface area contributed by atoms with E-state index in [2.05, 4.69) is 26.1 Å². The molecule has 0 saturated carbocycles. The van der Waals surface area contributed by atoms with Crippen LogP contribution in [0.1, 0.15) is 29.6 Å². The maximum Gasteiger partial charge on any atom is 0.254 e. The lowest BCUT2D eigenvalue weighted by Gasteiger charge is -2.14. The second-order valence-electron chi connectivity index (χ2n) is 4.76. The molecule has 0 aliphatic carbocycles. The molecule has 1 N–H and O–H groups in total. The Labute approximate surface area is 121 Å². The van der Waals surface area contributed by atoms with E-state index in [0.717, 1.165) is 26.1 Å². The second kappa shape index (κ2) is 7.01. The van der Waals surface area contributed by atoms with Gasteiger partial charge in [-0.1, -0.05) is 6.07 Å². The van der Waals surface area contributed by atoms with Crippen LogP contribution in [0, 0.1) is 5.82 Å². The van der Waals surface area contributed by atoms with E-state index in [9.17, 15) is 9.18 Å². The van der Waals surface area contributed by atoms with Crippen molar-refractivity contribution < 1.29 is 9.18 Å². The van der Waals surface area contributed by atoms with Crippen LogP contribution in [0.15, 0.2) is 22.7 Å². The third-order valence-corrected chi connectivity index (χ3v) is 3.94. The van der Waals surface area contributed by atoms with Gasteiger partial charge in [0.1, 0.15) is 5.82 Å². The van der Waals surface area contributed by atoms with Crippen molar-refractivity contribution in [3.8, 4) is 0 Å². The van der Waals surface area contributed by atoms with Crippen molar-refractivity contribution in [1.29, 1.82) is 0 Å². The monoisotopic (exact) mass is 328 g/mol.